The fourth-order valence-electron chi connectivity index (χ4n) is 19.5. The molecule has 2 aliphatic carbocycles. The SMILES string of the molecule is C=c1cc2c(s1)=c1s/c(=c3/c4nsnc4c(=C)c4nc(C)c(C)nc34)cc1/C2=C\c1cc(CCCCCCCCCCCCCC)cc(CCCCCCCCCCCCCC)c1.CCCCCCCCCCCCCCc1cc(C=C2c3c[c]([Sn]([CH3])([CH3])[CH3])sc3-c3s[c]([Sn]([CH3])([CH3])[CH3])cc32)cc(CCCCCCCCCCCCCC)c1.Cc1nc2c(Br)c3nsnc3c(Br)c2nc1C.PP. The van der Waals surface area contributed by atoms with Crippen LogP contribution in [0.5, 0.6) is 0 Å². The van der Waals surface area contributed by atoms with Gasteiger partial charge in [0, 0.05) is 30.6 Å². The Bertz CT molecular complexity index is 5930. The molecule has 8 nitrogen and oxygen atoms in total. The van der Waals surface area contributed by atoms with Crippen LogP contribution >= 0.6 is 119 Å². The van der Waals surface area contributed by atoms with Crippen molar-refractivity contribution in [2.24, 2.45) is 0 Å². The minimum absolute atomic E-state index is 0.808. The maximum atomic E-state index is 5.13. The van der Waals surface area contributed by atoms with Crippen molar-refractivity contribution < 1.29 is 0 Å². The van der Waals surface area contributed by atoms with E-state index in [-0.39, 0.29) is 0 Å². The Morgan fingerprint density at radius 3 is 0.912 bits per heavy atom. The molecule has 0 bridgehead atoms. The van der Waals surface area contributed by atoms with Gasteiger partial charge in [0.05, 0.1) is 69.8 Å². The van der Waals surface area contributed by atoms with Crippen LogP contribution in [0.3, 0.4) is 0 Å². The van der Waals surface area contributed by atoms with Crippen LogP contribution in [0.25, 0.3) is 90.3 Å². The number of aryl methyl sites for hydroxylation is 8. The Morgan fingerprint density at radius 1 is 0.301 bits per heavy atom. The molecule has 0 fully saturated rings. The first-order valence-corrected chi connectivity index (χ1v) is 82.3. The van der Waals surface area contributed by atoms with Crippen LogP contribution in [0.2, 0.25) is 29.6 Å². The summed E-state index contributed by atoms with van der Waals surface area (Å²) in [5.74, 6) is 0. The molecule has 0 saturated carbocycles. The van der Waals surface area contributed by atoms with Gasteiger partial charge in [-0.15, -0.1) is 40.5 Å². The van der Waals surface area contributed by atoms with Crippen LogP contribution < -0.4 is 15.5 Å². The third kappa shape index (κ3) is 33.3. The number of thiophene rings is 4. The van der Waals surface area contributed by atoms with Gasteiger partial charge in [-0.25, -0.2) is 19.9 Å². The predicted octanol–water partition coefficient (Wildman–Crippen LogP) is 37.5. The van der Waals surface area contributed by atoms with Crippen LogP contribution in [0.1, 0.15) is 414 Å². The van der Waals surface area contributed by atoms with Crippen molar-refractivity contribution in [1.29, 1.82) is 0 Å². The smallest absolute Gasteiger partial charge is 0.122 e. The Hall–Kier alpha value is -3.36. The summed E-state index contributed by atoms with van der Waals surface area (Å²) >= 11 is 13.1. The van der Waals surface area contributed by atoms with Gasteiger partial charge in [-0.05, 0) is 126 Å². The van der Waals surface area contributed by atoms with Crippen molar-refractivity contribution in [1.82, 2.24) is 37.4 Å². The van der Waals surface area contributed by atoms with Gasteiger partial charge in [-0.3, -0.25) is 0 Å². The van der Waals surface area contributed by atoms with E-state index in [0.29, 0.717) is 0 Å². The van der Waals surface area contributed by atoms with Crippen molar-refractivity contribution >= 4 is 242 Å². The van der Waals surface area contributed by atoms with Crippen LogP contribution in [0.4, 0.5) is 0 Å². The summed E-state index contributed by atoms with van der Waals surface area (Å²) in [6, 6.07) is 25.2. The van der Waals surface area contributed by atoms with E-state index in [1.807, 2.05) is 50.4 Å². The monoisotopic (exact) mass is 2320 g/mol. The molecule has 0 N–H and O–H groups in total. The summed E-state index contributed by atoms with van der Waals surface area (Å²) in [4.78, 5) is 38.0. The number of rotatable bonds is 56. The molecule has 0 radical (unpaired) electrons. The number of benzene rings is 4. The molecule has 8 heterocycles. The first kappa shape index (κ1) is 113. The van der Waals surface area contributed by atoms with Gasteiger partial charge in [-0.1, -0.05) is 316 Å². The molecule has 2 unspecified atom stereocenters. The molecule has 20 heteroatoms. The van der Waals surface area contributed by atoms with E-state index < -0.39 is 36.8 Å². The third-order valence-corrected chi connectivity index (χ3v) is 53.9. The predicted molar refractivity (Wildman–Crippen MR) is 629 cm³/mol. The maximum absolute atomic E-state index is 5.13. The van der Waals surface area contributed by atoms with Crippen LogP contribution in [-0.4, -0.2) is 74.2 Å². The average molecular weight is 2320 g/mol. The zero-order valence-corrected chi connectivity index (χ0v) is 102. The van der Waals surface area contributed by atoms with Crippen LogP contribution in [0, 0.1) is 46.5 Å². The zero-order valence-electron chi connectivity index (χ0n) is 86.0. The minimum atomic E-state index is -2.19. The molecule has 12 aromatic rings. The van der Waals surface area contributed by atoms with E-state index in [1.54, 1.807) is 37.8 Å². The Labute approximate surface area is 874 Å². The number of unbranched alkanes of at least 4 members (excludes halogenated alkanes) is 44. The fraction of sp³-hybridized carbons (Fsp3) is 0.569. The summed E-state index contributed by atoms with van der Waals surface area (Å²) in [5.41, 5.74) is 27.9. The summed E-state index contributed by atoms with van der Waals surface area (Å²) in [7, 11) is 4.67. The standard InChI is InChI=1S/C56H74N4S3.C44H64S2.C10H6Br2N4S.6CH3.H4P2.2Sn/c1-7-9-11-13-15-17-19-21-23-25-27-29-31-43-34-44(32-30-28-26-24-22-20-18-16-14-12-10-8-2)36-45(35-43)37-46-47-33-39(3)61-55(47)56-48(46)38-49(62-56)50-53-51(57-41(5)42(6)58-53)40(4)52-54(50)60-63-59-52;1-3-5-7-9-11-13-15-17-19-21-23-25-27-37-33-38(28-26-24-22-20-18-16-14-12-10-8-6-4-2)35-39(34-37)36-42-40-29-31-45-43(40)44-41(42)30-32-46-44;1-3-4(2)14-8-6(12)10-9(15-17-16-10)5(11)7(8)13-3;;;;;;;1-2;;/h33-38H,3-4,7-32H2,1-2,5-6H3;29-30,33-36H,3-28H2,1-2H3;1-2H3;6*1H3;1-2H2;;/b46-37-,50-49+;;;;;;;;;;;. The number of hydrogen-bond donors (Lipinski definition) is 0. The molecule has 2 aliphatic rings. The molecular formula is C116H166Br2N8P2S6Sn2. The zero-order chi connectivity index (χ0) is 96.9. The number of nitrogens with zero attached hydrogens (tertiary/aromatic N) is 8. The molecule has 0 saturated heterocycles. The molecule has 0 aliphatic heterocycles. The normalized spacial score (nSPS) is 12.9. The van der Waals surface area contributed by atoms with Crippen LogP contribution in [0.15, 0.2) is 69.6 Å². The summed E-state index contributed by atoms with van der Waals surface area (Å²) in [5, 5.41) is 1.83. The van der Waals surface area contributed by atoms with E-state index in [1.165, 1.54) is 398 Å². The summed E-state index contributed by atoms with van der Waals surface area (Å²) in [6.07, 6.45) is 77.2. The Balaban J connectivity index is 0.000000220. The van der Waals surface area contributed by atoms with Crippen molar-refractivity contribution in [2.75, 3.05) is 0 Å². The molecule has 0 spiro atoms. The number of fused-ring (bicyclic) bond motifs is 9. The van der Waals surface area contributed by atoms with Gasteiger partial charge in [0.1, 0.15) is 38.6 Å². The molecule has 136 heavy (non-hydrogen) atoms. The number of halogens is 2. The molecule has 8 aromatic heterocycles. The van der Waals surface area contributed by atoms with Gasteiger partial charge in [0.2, 0.25) is 0 Å². The molecule has 2 atom stereocenters. The largest absolute Gasteiger partial charge is 0.248 e. The van der Waals surface area contributed by atoms with Crippen molar-refractivity contribution in [3.8, 4) is 9.75 Å². The molecule has 4 aromatic carbocycles. The van der Waals surface area contributed by atoms with Gasteiger partial charge in [-0.2, -0.15) is 17.5 Å². The molecule has 14 rings (SSSR count). The molecule has 0 amide bonds. The average Bonchev–Trinajstić information content (AvgIpc) is 1.56. The fourth-order valence-corrected chi connectivity index (χ4v) is 37.2. The van der Waals surface area contributed by atoms with E-state index >= 15 is 0 Å². The summed E-state index contributed by atoms with van der Waals surface area (Å²) in [6.45, 7) is 26.0. The third-order valence-electron chi connectivity index (χ3n) is 27.8. The Kier molecular flexibility index (Phi) is 49.3. The van der Waals surface area contributed by atoms with Crippen molar-refractivity contribution in [3.05, 3.63) is 177 Å². The quantitative estimate of drug-likeness (QED) is 0.0211. The van der Waals surface area contributed by atoms with Crippen molar-refractivity contribution in [2.45, 2.75) is 419 Å². The second-order valence-electron chi connectivity index (χ2n) is 41.4. The number of hydrogen-bond acceptors (Lipinski definition) is 14. The van der Waals surface area contributed by atoms with E-state index in [2.05, 4.69) is 234 Å². The molecule has 738 valence electrons. The maximum Gasteiger partial charge on any atom is 0.122 e. The van der Waals surface area contributed by atoms with Gasteiger partial charge in [0.15, 0.2) is 0 Å². The van der Waals surface area contributed by atoms with Gasteiger partial charge < -0.3 is 0 Å². The van der Waals surface area contributed by atoms with Gasteiger partial charge >= 0.3 is 226 Å². The molecular weight excluding hydrogens is 2160 g/mol. The Morgan fingerprint density at radius 2 is 0.581 bits per heavy atom. The number of aromatic nitrogens is 8. The first-order chi connectivity index (χ1) is 66.0. The topological polar surface area (TPSA) is 103 Å². The second-order valence-corrected chi connectivity index (χ2v) is 79.2. The van der Waals surface area contributed by atoms with E-state index in [9.17, 15) is 0 Å². The summed E-state index contributed by atoms with van der Waals surface area (Å²) < 4.78 is 28.1. The van der Waals surface area contributed by atoms with Gasteiger partial charge in [0.25, 0.3) is 0 Å². The van der Waals surface area contributed by atoms with E-state index in [0.717, 1.165) is 108 Å². The first-order valence-electron chi connectivity index (χ1n) is 53.4. The second kappa shape index (κ2) is 59.3. The minimum Gasteiger partial charge on any atom is -0.248 e. The van der Waals surface area contributed by atoms with Crippen molar-refractivity contribution in [3.63, 3.8) is 0 Å². The van der Waals surface area contributed by atoms with Crippen LogP contribution in [-0.2, 0) is 25.7 Å². The van der Waals surface area contributed by atoms with E-state index in [4.69, 9.17) is 18.7 Å².